The van der Waals surface area contributed by atoms with Crippen molar-refractivity contribution in [2.75, 3.05) is 19.6 Å². The second kappa shape index (κ2) is 11.1. The van der Waals surface area contributed by atoms with E-state index in [-0.39, 0.29) is 42.7 Å². The molecule has 1 N–H and O–H groups in total. The van der Waals surface area contributed by atoms with Crippen molar-refractivity contribution in [3.05, 3.63) is 81.8 Å². The zero-order chi connectivity index (χ0) is 30.3. The van der Waals surface area contributed by atoms with E-state index in [1.165, 1.54) is 42.0 Å². The minimum absolute atomic E-state index is 0.00324. The first-order valence-electron chi connectivity index (χ1n) is 13.4. The van der Waals surface area contributed by atoms with Gasteiger partial charge in [0, 0.05) is 25.6 Å². The number of carbonyl (C=O) groups is 4. The Hall–Kier alpha value is -4.42. The van der Waals surface area contributed by atoms with E-state index in [2.05, 4.69) is 10.3 Å². The lowest BCUT2D eigenvalue weighted by Gasteiger charge is -2.38. The van der Waals surface area contributed by atoms with E-state index < -0.39 is 35.7 Å². The van der Waals surface area contributed by atoms with E-state index in [1.807, 2.05) is 24.3 Å². The van der Waals surface area contributed by atoms with Crippen LogP contribution < -0.4 is 5.43 Å². The van der Waals surface area contributed by atoms with Crippen LogP contribution in [0.1, 0.15) is 40.9 Å². The number of hydroxylamine groups is 1. The molecule has 1 atom stereocenters. The van der Waals surface area contributed by atoms with Crippen molar-refractivity contribution in [3.8, 4) is 0 Å². The first-order valence-corrected chi connectivity index (χ1v) is 13.4. The van der Waals surface area contributed by atoms with Gasteiger partial charge in [-0.15, -0.1) is 5.17 Å². The summed E-state index contributed by atoms with van der Waals surface area (Å²) >= 11 is 0. The van der Waals surface area contributed by atoms with E-state index in [9.17, 15) is 36.7 Å². The van der Waals surface area contributed by atoms with Crippen LogP contribution in [-0.4, -0.2) is 70.5 Å². The van der Waals surface area contributed by atoms with Crippen LogP contribution in [-0.2, 0) is 38.5 Å². The average Bonchev–Trinajstić information content (AvgIpc) is 3.38. The van der Waals surface area contributed by atoms with Gasteiger partial charge in [-0.05, 0) is 61.1 Å². The normalized spacial score (nSPS) is 19.7. The fourth-order valence-electron chi connectivity index (χ4n) is 5.51. The summed E-state index contributed by atoms with van der Waals surface area (Å²) in [7, 11) is 0. The highest BCUT2D eigenvalue weighted by atomic mass is 19.4. The summed E-state index contributed by atoms with van der Waals surface area (Å²) in [5.41, 5.74) is 4.83. The SMILES string of the molecule is CC1=C(Cc2ccc(F)c(C(=O)N3CCN(C4Cc5ccccc5C4)C(=O)C3)c2)N(OC(=O)C(F)(F)F)NC(=O)C1C. The topological polar surface area (TPSA) is 99.3 Å². The van der Waals surface area contributed by atoms with Crippen molar-refractivity contribution in [2.45, 2.75) is 45.3 Å². The molecule has 13 heteroatoms. The molecule has 1 saturated heterocycles. The lowest BCUT2D eigenvalue weighted by atomic mass is 9.94. The summed E-state index contributed by atoms with van der Waals surface area (Å²) < 4.78 is 53.4. The van der Waals surface area contributed by atoms with Crippen molar-refractivity contribution in [1.82, 2.24) is 20.4 Å². The Kier molecular flexibility index (Phi) is 7.69. The van der Waals surface area contributed by atoms with Crippen molar-refractivity contribution in [2.24, 2.45) is 5.92 Å². The van der Waals surface area contributed by atoms with Gasteiger partial charge in [-0.2, -0.15) is 13.2 Å². The Bertz CT molecular complexity index is 1470. The Labute approximate surface area is 238 Å². The number of nitrogens with one attached hydrogen (secondary N) is 1. The average molecular weight is 589 g/mol. The van der Waals surface area contributed by atoms with Gasteiger partial charge in [0.25, 0.3) is 5.91 Å². The molecule has 1 aliphatic carbocycles. The Morgan fingerprint density at radius 3 is 2.33 bits per heavy atom. The molecule has 1 fully saturated rings. The van der Waals surface area contributed by atoms with E-state index in [0.29, 0.717) is 22.9 Å². The maximum Gasteiger partial charge on any atom is 0.493 e. The van der Waals surface area contributed by atoms with Gasteiger partial charge in [-0.25, -0.2) is 14.6 Å². The molecule has 42 heavy (non-hydrogen) atoms. The van der Waals surface area contributed by atoms with Crippen LogP contribution in [0.5, 0.6) is 0 Å². The van der Waals surface area contributed by atoms with Gasteiger partial charge >= 0.3 is 12.1 Å². The van der Waals surface area contributed by atoms with Crippen molar-refractivity contribution >= 4 is 23.7 Å². The molecule has 0 aromatic heterocycles. The summed E-state index contributed by atoms with van der Waals surface area (Å²) in [5, 5.41) is 0.359. The molecular formula is C29H28F4N4O5. The number of rotatable bonds is 5. The number of halogens is 4. The highest BCUT2D eigenvalue weighted by Crippen LogP contribution is 2.29. The molecule has 222 valence electrons. The lowest BCUT2D eigenvalue weighted by molar-refractivity contribution is -0.242. The number of fused-ring (bicyclic) bond motifs is 1. The minimum Gasteiger partial charge on any atom is -0.336 e. The van der Waals surface area contributed by atoms with Crippen LogP contribution in [0.25, 0.3) is 0 Å². The van der Waals surface area contributed by atoms with Crippen molar-refractivity contribution in [3.63, 3.8) is 0 Å². The van der Waals surface area contributed by atoms with Crippen LogP contribution in [0.3, 0.4) is 0 Å². The van der Waals surface area contributed by atoms with Crippen molar-refractivity contribution < 1.29 is 41.6 Å². The van der Waals surface area contributed by atoms with Crippen LogP contribution in [0.2, 0.25) is 0 Å². The first-order chi connectivity index (χ1) is 19.8. The Morgan fingerprint density at radius 1 is 1.05 bits per heavy atom. The fraction of sp³-hybridized carbons (Fsp3) is 0.379. The molecule has 5 rings (SSSR count). The quantitative estimate of drug-likeness (QED) is 0.540. The Morgan fingerprint density at radius 2 is 1.71 bits per heavy atom. The fourth-order valence-corrected chi connectivity index (χ4v) is 5.51. The summed E-state index contributed by atoms with van der Waals surface area (Å²) in [5.74, 6) is -5.75. The van der Waals surface area contributed by atoms with Gasteiger partial charge in [0.1, 0.15) is 12.4 Å². The minimum atomic E-state index is -5.31. The van der Waals surface area contributed by atoms with Gasteiger partial charge < -0.3 is 14.6 Å². The number of allylic oxidation sites excluding steroid dienone is 1. The predicted molar refractivity (Wildman–Crippen MR) is 139 cm³/mol. The predicted octanol–water partition coefficient (Wildman–Crippen LogP) is 3.10. The van der Waals surface area contributed by atoms with Crippen LogP contribution in [0, 0.1) is 11.7 Å². The number of benzene rings is 2. The number of hydrogen-bond acceptors (Lipinski definition) is 6. The second-order valence-electron chi connectivity index (χ2n) is 10.6. The molecule has 0 radical (unpaired) electrons. The molecule has 0 spiro atoms. The number of amides is 3. The molecule has 0 bridgehead atoms. The van der Waals surface area contributed by atoms with Gasteiger partial charge in [-0.3, -0.25) is 14.4 Å². The van der Waals surface area contributed by atoms with E-state index >= 15 is 0 Å². The monoisotopic (exact) mass is 588 g/mol. The first kappa shape index (κ1) is 29.1. The van der Waals surface area contributed by atoms with Crippen LogP contribution in [0.4, 0.5) is 17.6 Å². The summed E-state index contributed by atoms with van der Waals surface area (Å²) in [6.07, 6.45) is -4.05. The van der Waals surface area contributed by atoms with E-state index in [1.54, 1.807) is 4.90 Å². The zero-order valence-corrected chi connectivity index (χ0v) is 22.8. The van der Waals surface area contributed by atoms with Gasteiger partial charge in [0.2, 0.25) is 11.8 Å². The standard InChI is InChI=1S/C29H28F4N4O5/c1-16-17(2)26(39)34-37(42-28(41)29(31,32)33)24(16)12-18-7-8-23(30)22(11-18)27(40)35-9-10-36(25(38)15-35)21-13-19-5-3-4-6-20(19)14-21/h3-8,11,17,21H,9-10,12-15H2,1-2H3,(H,34,39). The number of carbonyl (C=O) groups excluding carboxylic acids is 4. The smallest absolute Gasteiger partial charge is 0.336 e. The molecule has 2 aromatic carbocycles. The molecule has 3 amide bonds. The maximum absolute atomic E-state index is 14.9. The molecular weight excluding hydrogens is 560 g/mol. The molecule has 1 unspecified atom stereocenters. The third-order valence-electron chi connectivity index (χ3n) is 8.01. The number of alkyl halides is 3. The number of hydrogen-bond donors (Lipinski definition) is 1. The molecule has 2 aliphatic heterocycles. The van der Waals surface area contributed by atoms with E-state index in [4.69, 9.17) is 0 Å². The number of hydrazine groups is 1. The highest BCUT2D eigenvalue weighted by molar-refractivity contribution is 5.97. The van der Waals surface area contributed by atoms with Crippen molar-refractivity contribution in [1.29, 1.82) is 0 Å². The molecule has 9 nitrogen and oxygen atoms in total. The van der Waals surface area contributed by atoms with E-state index in [0.717, 1.165) is 18.9 Å². The third kappa shape index (κ3) is 5.68. The molecule has 3 aliphatic rings. The second-order valence-corrected chi connectivity index (χ2v) is 10.6. The zero-order valence-electron chi connectivity index (χ0n) is 22.8. The van der Waals surface area contributed by atoms with Crippen LogP contribution >= 0.6 is 0 Å². The lowest BCUT2D eigenvalue weighted by Crippen LogP contribution is -2.55. The van der Waals surface area contributed by atoms with Gasteiger partial charge in [0.05, 0.1) is 17.2 Å². The molecule has 2 heterocycles. The molecule has 2 aromatic rings. The summed E-state index contributed by atoms with van der Waals surface area (Å²) in [6.45, 7) is 3.30. The summed E-state index contributed by atoms with van der Waals surface area (Å²) in [4.78, 5) is 57.5. The third-order valence-corrected chi connectivity index (χ3v) is 8.01. The number of nitrogens with zero attached hydrogens (tertiary/aromatic N) is 3. The molecule has 0 saturated carbocycles. The van der Waals surface area contributed by atoms with Gasteiger partial charge in [-0.1, -0.05) is 30.3 Å². The highest BCUT2D eigenvalue weighted by Gasteiger charge is 2.44. The summed E-state index contributed by atoms with van der Waals surface area (Å²) in [6, 6.07) is 11.6. The largest absolute Gasteiger partial charge is 0.493 e. The van der Waals surface area contributed by atoms with Crippen LogP contribution in [0.15, 0.2) is 53.7 Å². The Balaban J connectivity index is 1.31. The number of piperazine rings is 1. The maximum atomic E-state index is 14.9. The van der Waals surface area contributed by atoms with Gasteiger partial charge in [0.15, 0.2) is 0 Å².